The van der Waals surface area contributed by atoms with E-state index in [1.807, 2.05) is 4.90 Å². The number of hydrogen-bond donors (Lipinski definition) is 1. The monoisotopic (exact) mass is 434 g/mol. The molecule has 1 aliphatic heterocycles. The standard InChI is InChI=1S/C23H23FN6O2/c1-26-18-6-4-14(12-17(18)24)20-21(15-5-7-19(32-3)27-13-15)29(2)23(31)22(28-20)30-10-8-16(25)9-11-30/h4-7,12-13,16H,8-11,25H2,2-3H3. The smallest absolute Gasteiger partial charge is 0.293 e. The topological polar surface area (TPSA) is 90.6 Å². The zero-order chi connectivity index (χ0) is 22.8. The molecule has 1 saturated heterocycles. The zero-order valence-corrected chi connectivity index (χ0v) is 17.9. The predicted octanol–water partition coefficient (Wildman–Crippen LogP) is 3.14. The number of hydrogen-bond acceptors (Lipinski definition) is 6. The lowest BCUT2D eigenvalue weighted by molar-refractivity contribution is 0.398. The largest absolute Gasteiger partial charge is 0.481 e. The second kappa shape index (κ2) is 8.77. The van der Waals surface area contributed by atoms with Crippen LogP contribution in [-0.4, -0.2) is 40.8 Å². The Kier molecular flexibility index (Phi) is 5.88. The van der Waals surface area contributed by atoms with Crippen molar-refractivity contribution in [3.63, 3.8) is 0 Å². The highest BCUT2D eigenvalue weighted by molar-refractivity contribution is 5.80. The summed E-state index contributed by atoms with van der Waals surface area (Å²) in [7, 11) is 3.18. The maximum absolute atomic E-state index is 14.5. The summed E-state index contributed by atoms with van der Waals surface area (Å²) in [6.07, 6.45) is 3.11. The first-order chi connectivity index (χ1) is 15.4. The van der Waals surface area contributed by atoms with Crippen molar-refractivity contribution in [1.29, 1.82) is 0 Å². The highest BCUT2D eigenvalue weighted by Gasteiger charge is 2.24. The van der Waals surface area contributed by atoms with Crippen molar-refractivity contribution in [1.82, 2.24) is 14.5 Å². The molecular formula is C23H23FN6O2. The molecule has 2 aromatic heterocycles. The molecule has 8 nitrogen and oxygen atoms in total. The van der Waals surface area contributed by atoms with E-state index in [1.54, 1.807) is 31.4 Å². The van der Waals surface area contributed by atoms with Gasteiger partial charge < -0.3 is 19.9 Å². The maximum atomic E-state index is 14.5. The summed E-state index contributed by atoms with van der Waals surface area (Å²) in [6.45, 7) is 8.35. The Hall–Kier alpha value is -3.77. The maximum Gasteiger partial charge on any atom is 0.293 e. The lowest BCUT2D eigenvalue weighted by atomic mass is 10.0. The number of rotatable bonds is 4. The van der Waals surface area contributed by atoms with Gasteiger partial charge in [-0.25, -0.2) is 19.2 Å². The molecule has 1 aromatic carbocycles. The van der Waals surface area contributed by atoms with E-state index in [0.717, 1.165) is 12.8 Å². The van der Waals surface area contributed by atoms with Crippen LogP contribution in [0.2, 0.25) is 0 Å². The molecule has 0 aliphatic carbocycles. The minimum Gasteiger partial charge on any atom is -0.481 e. The van der Waals surface area contributed by atoms with Crippen LogP contribution in [0.5, 0.6) is 5.88 Å². The summed E-state index contributed by atoms with van der Waals surface area (Å²) in [5, 5.41) is 0. The summed E-state index contributed by atoms with van der Waals surface area (Å²) in [5.74, 6) is 0.0914. The molecular weight excluding hydrogens is 411 g/mol. The molecule has 0 amide bonds. The fourth-order valence-corrected chi connectivity index (χ4v) is 3.85. The van der Waals surface area contributed by atoms with Gasteiger partial charge in [0.25, 0.3) is 5.56 Å². The minimum atomic E-state index is -0.641. The molecule has 0 spiro atoms. The Morgan fingerprint density at radius 3 is 2.53 bits per heavy atom. The van der Waals surface area contributed by atoms with Crippen molar-refractivity contribution in [3.8, 4) is 28.4 Å². The van der Waals surface area contributed by atoms with E-state index in [2.05, 4.69) is 9.83 Å². The number of piperidine rings is 1. The number of aromatic nitrogens is 3. The molecule has 0 radical (unpaired) electrons. The number of ether oxygens (including phenoxy) is 1. The van der Waals surface area contributed by atoms with Gasteiger partial charge in [0.05, 0.1) is 25.1 Å². The molecule has 9 heteroatoms. The number of methoxy groups -OCH3 is 1. The van der Waals surface area contributed by atoms with Crippen molar-refractivity contribution >= 4 is 11.5 Å². The van der Waals surface area contributed by atoms with Gasteiger partial charge in [0.15, 0.2) is 5.82 Å². The summed E-state index contributed by atoms with van der Waals surface area (Å²) >= 11 is 0. The van der Waals surface area contributed by atoms with Crippen LogP contribution in [0.15, 0.2) is 41.3 Å². The average Bonchev–Trinajstić information content (AvgIpc) is 2.81. The summed E-state index contributed by atoms with van der Waals surface area (Å²) in [6, 6.07) is 7.90. The van der Waals surface area contributed by atoms with Crippen LogP contribution in [-0.2, 0) is 7.05 Å². The van der Waals surface area contributed by atoms with Gasteiger partial charge in [-0.05, 0) is 25.0 Å². The number of pyridine rings is 1. The van der Waals surface area contributed by atoms with E-state index in [4.69, 9.17) is 22.0 Å². The number of nitrogens with two attached hydrogens (primary N) is 1. The second-order valence-electron chi connectivity index (χ2n) is 7.69. The van der Waals surface area contributed by atoms with Crippen molar-refractivity contribution in [2.75, 3.05) is 25.1 Å². The number of anilines is 1. The van der Waals surface area contributed by atoms with Crippen LogP contribution in [0.1, 0.15) is 12.8 Å². The van der Waals surface area contributed by atoms with E-state index in [-0.39, 0.29) is 17.3 Å². The third kappa shape index (κ3) is 3.92. The van der Waals surface area contributed by atoms with Crippen molar-refractivity contribution < 1.29 is 9.13 Å². The van der Waals surface area contributed by atoms with Crippen LogP contribution in [0.3, 0.4) is 0 Å². The number of halogens is 1. The van der Waals surface area contributed by atoms with Gasteiger partial charge in [0, 0.05) is 49.6 Å². The van der Waals surface area contributed by atoms with Gasteiger partial charge in [0.2, 0.25) is 11.6 Å². The van der Waals surface area contributed by atoms with Crippen LogP contribution in [0.25, 0.3) is 27.4 Å². The SMILES string of the molecule is [C-]#[N+]c1ccc(-c2nc(N3CCC(N)CC3)c(=O)n(C)c2-c2ccc(OC)nc2)cc1F. The first-order valence-electron chi connectivity index (χ1n) is 10.2. The van der Waals surface area contributed by atoms with Crippen LogP contribution >= 0.6 is 0 Å². The third-order valence-electron chi connectivity index (χ3n) is 5.67. The molecule has 32 heavy (non-hydrogen) atoms. The zero-order valence-electron chi connectivity index (χ0n) is 17.9. The van der Waals surface area contributed by atoms with Gasteiger partial charge in [-0.2, -0.15) is 0 Å². The van der Waals surface area contributed by atoms with Crippen LogP contribution in [0.4, 0.5) is 15.9 Å². The van der Waals surface area contributed by atoms with E-state index < -0.39 is 5.82 Å². The fraction of sp³-hybridized carbons (Fsp3) is 0.304. The summed E-state index contributed by atoms with van der Waals surface area (Å²) < 4.78 is 21.1. The molecule has 1 fully saturated rings. The molecule has 0 atom stereocenters. The second-order valence-corrected chi connectivity index (χ2v) is 7.69. The normalized spacial score (nSPS) is 14.3. The summed E-state index contributed by atoms with van der Waals surface area (Å²) in [5.41, 5.74) is 7.72. The molecule has 3 aromatic rings. The van der Waals surface area contributed by atoms with Crippen molar-refractivity contribution in [3.05, 3.63) is 64.1 Å². The van der Waals surface area contributed by atoms with Crippen molar-refractivity contribution in [2.24, 2.45) is 12.8 Å². The van der Waals surface area contributed by atoms with Gasteiger partial charge in [-0.1, -0.05) is 12.1 Å². The Balaban J connectivity index is 1.93. The van der Waals surface area contributed by atoms with Gasteiger partial charge >= 0.3 is 0 Å². The van der Waals surface area contributed by atoms with Crippen molar-refractivity contribution in [2.45, 2.75) is 18.9 Å². The molecule has 0 saturated carbocycles. The van der Waals surface area contributed by atoms with Crippen LogP contribution in [0, 0.1) is 12.4 Å². The van der Waals surface area contributed by atoms with Gasteiger partial charge in [-0.3, -0.25) is 4.79 Å². The van der Waals surface area contributed by atoms with Gasteiger partial charge in [-0.15, -0.1) is 0 Å². The molecule has 0 bridgehead atoms. The lowest BCUT2D eigenvalue weighted by Crippen LogP contribution is -2.43. The average molecular weight is 434 g/mol. The Labute approximate surface area is 184 Å². The quantitative estimate of drug-likeness (QED) is 0.635. The molecule has 2 N–H and O–H groups in total. The molecule has 1 aliphatic rings. The fourth-order valence-electron chi connectivity index (χ4n) is 3.85. The summed E-state index contributed by atoms with van der Waals surface area (Å²) in [4.78, 5) is 27.4. The highest BCUT2D eigenvalue weighted by Crippen LogP contribution is 2.33. The molecule has 3 heterocycles. The Bertz CT molecular complexity index is 1240. The van der Waals surface area contributed by atoms with E-state index in [1.165, 1.54) is 23.8 Å². The first kappa shape index (κ1) is 21.5. The van der Waals surface area contributed by atoms with E-state index in [9.17, 15) is 9.18 Å². The lowest BCUT2D eigenvalue weighted by Gasteiger charge is -2.31. The number of nitrogens with zero attached hydrogens (tertiary/aromatic N) is 5. The molecule has 4 rings (SSSR count). The number of benzene rings is 1. The minimum absolute atomic E-state index is 0.0727. The third-order valence-corrected chi connectivity index (χ3v) is 5.67. The highest BCUT2D eigenvalue weighted by atomic mass is 19.1. The van der Waals surface area contributed by atoms with Crippen LogP contribution < -0.4 is 20.9 Å². The molecule has 164 valence electrons. The van der Waals surface area contributed by atoms with E-state index in [0.29, 0.717) is 47.3 Å². The Morgan fingerprint density at radius 2 is 1.94 bits per heavy atom. The Morgan fingerprint density at radius 1 is 1.22 bits per heavy atom. The predicted molar refractivity (Wildman–Crippen MR) is 120 cm³/mol. The van der Waals surface area contributed by atoms with E-state index >= 15 is 0 Å². The first-order valence-corrected chi connectivity index (χ1v) is 10.2. The van der Waals surface area contributed by atoms with Gasteiger partial charge in [0.1, 0.15) is 5.82 Å². The molecule has 0 unspecified atom stereocenters.